The molecule has 0 saturated heterocycles. The first-order chi connectivity index (χ1) is 8.84. The van der Waals surface area contributed by atoms with E-state index in [1.165, 1.54) is 5.56 Å². The van der Waals surface area contributed by atoms with E-state index >= 15 is 0 Å². The van der Waals surface area contributed by atoms with Crippen molar-refractivity contribution in [2.75, 3.05) is 13.7 Å². The van der Waals surface area contributed by atoms with Crippen molar-refractivity contribution < 1.29 is 4.74 Å². The van der Waals surface area contributed by atoms with E-state index in [9.17, 15) is 0 Å². The molecular weight excluding hydrogens is 238 g/mol. The minimum absolute atomic E-state index is 0.0411. The molecule has 0 aliphatic heterocycles. The molecule has 0 spiro atoms. The van der Waals surface area contributed by atoms with Gasteiger partial charge in [-0.25, -0.2) is 4.98 Å². The monoisotopic (exact) mass is 261 g/mol. The Labute approximate surface area is 114 Å². The number of imidazole rings is 1. The highest BCUT2D eigenvalue weighted by atomic mass is 16.5. The lowest BCUT2D eigenvalue weighted by molar-refractivity contribution is 0.178. The molecule has 2 N–H and O–H groups in total. The molecule has 104 valence electrons. The van der Waals surface area contributed by atoms with Crippen LogP contribution in [0.1, 0.15) is 43.8 Å². The number of ether oxygens (including phenoxy) is 1. The molecule has 1 atom stereocenters. The molecule has 0 aliphatic rings. The third kappa shape index (κ3) is 2.65. The van der Waals surface area contributed by atoms with Crippen molar-refractivity contribution in [3.63, 3.8) is 0 Å². The van der Waals surface area contributed by atoms with Crippen molar-refractivity contribution in [3.05, 3.63) is 35.3 Å². The van der Waals surface area contributed by atoms with Gasteiger partial charge in [-0.2, -0.15) is 0 Å². The molecule has 0 radical (unpaired) electrons. The largest absolute Gasteiger partial charge is 0.383 e. The Morgan fingerprint density at radius 3 is 2.63 bits per heavy atom. The Kier molecular flexibility index (Phi) is 3.65. The Balaban J connectivity index is 2.70. The molecule has 4 heteroatoms. The van der Waals surface area contributed by atoms with E-state index < -0.39 is 0 Å². The van der Waals surface area contributed by atoms with E-state index in [4.69, 9.17) is 15.5 Å². The van der Waals surface area contributed by atoms with Gasteiger partial charge in [0.05, 0.1) is 24.0 Å². The minimum atomic E-state index is -0.170. The fraction of sp³-hybridized carbons (Fsp3) is 0.533. The van der Waals surface area contributed by atoms with Crippen LogP contribution in [0, 0.1) is 6.92 Å². The average molecular weight is 261 g/mol. The molecule has 2 rings (SSSR count). The van der Waals surface area contributed by atoms with Crippen molar-refractivity contribution in [3.8, 4) is 0 Å². The lowest BCUT2D eigenvalue weighted by atomic mass is 9.89. The van der Waals surface area contributed by atoms with Crippen molar-refractivity contribution in [1.29, 1.82) is 0 Å². The van der Waals surface area contributed by atoms with Gasteiger partial charge >= 0.3 is 0 Å². The van der Waals surface area contributed by atoms with Crippen LogP contribution in [-0.4, -0.2) is 23.1 Å². The smallest absolute Gasteiger partial charge is 0.137 e. The van der Waals surface area contributed by atoms with E-state index in [-0.39, 0.29) is 11.5 Å². The van der Waals surface area contributed by atoms with Gasteiger partial charge in [-0.05, 0) is 18.6 Å². The fourth-order valence-electron chi connectivity index (χ4n) is 2.33. The van der Waals surface area contributed by atoms with E-state index in [1.807, 2.05) is 6.07 Å². The van der Waals surface area contributed by atoms with Gasteiger partial charge in [0, 0.05) is 18.7 Å². The normalized spacial score (nSPS) is 14.0. The maximum absolute atomic E-state index is 6.28. The van der Waals surface area contributed by atoms with Crippen LogP contribution < -0.4 is 5.73 Å². The second-order valence-electron chi connectivity index (χ2n) is 6.09. The van der Waals surface area contributed by atoms with Crippen LogP contribution in [0.3, 0.4) is 0 Å². The number of nitrogens with zero attached hydrogens (tertiary/aromatic N) is 2. The molecule has 0 fully saturated rings. The Morgan fingerprint density at radius 2 is 2.05 bits per heavy atom. The number of hydrogen-bond acceptors (Lipinski definition) is 3. The average Bonchev–Trinajstić information content (AvgIpc) is 2.67. The van der Waals surface area contributed by atoms with Crippen LogP contribution in [0.2, 0.25) is 0 Å². The van der Waals surface area contributed by atoms with Gasteiger partial charge in [-0.15, -0.1) is 0 Å². The Hall–Kier alpha value is -1.39. The second-order valence-corrected chi connectivity index (χ2v) is 6.09. The molecule has 4 nitrogen and oxygen atoms in total. The molecule has 0 aromatic carbocycles. The van der Waals surface area contributed by atoms with Gasteiger partial charge < -0.3 is 14.9 Å². The van der Waals surface area contributed by atoms with Crippen LogP contribution in [0.4, 0.5) is 0 Å². The van der Waals surface area contributed by atoms with E-state index in [0.717, 1.165) is 17.0 Å². The Bertz CT molecular complexity index is 581. The maximum atomic E-state index is 6.28. The van der Waals surface area contributed by atoms with Crippen molar-refractivity contribution in [2.45, 2.75) is 39.2 Å². The molecule has 0 saturated carbocycles. The number of hydrogen-bond donors (Lipinski definition) is 1. The van der Waals surface area contributed by atoms with Gasteiger partial charge in [0.25, 0.3) is 0 Å². The highest BCUT2D eigenvalue weighted by Gasteiger charge is 2.27. The number of pyridine rings is 1. The minimum Gasteiger partial charge on any atom is -0.383 e. The number of nitrogens with two attached hydrogens (primary N) is 1. The van der Waals surface area contributed by atoms with E-state index in [2.05, 4.69) is 44.4 Å². The molecule has 1 unspecified atom stereocenters. The van der Waals surface area contributed by atoms with Crippen molar-refractivity contribution in [1.82, 2.24) is 9.38 Å². The standard InChI is InChI=1S/C15H23N3O/c1-10-6-7-12-17-14(15(2,3)4)13(18(12)8-10)11(16)9-19-5/h6-8,11H,9,16H2,1-5H3. The summed E-state index contributed by atoms with van der Waals surface area (Å²) in [7, 11) is 1.67. The SMILES string of the molecule is COCC(N)c1c(C(C)(C)C)nc2ccc(C)cn12. The summed E-state index contributed by atoms with van der Waals surface area (Å²) in [5.41, 5.74) is 10.5. The summed E-state index contributed by atoms with van der Waals surface area (Å²) < 4.78 is 7.30. The lowest BCUT2D eigenvalue weighted by Gasteiger charge is -2.21. The highest BCUT2D eigenvalue weighted by molar-refractivity contribution is 5.47. The number of aromatic nitrogens is 2. The zero-order valence-corrected chi connectivity index (χ0v) is 12.4. The first-order valence-electron chi connectivity index (χ1n) is 6.58. The first kappa shape index (κ1) is 14.0. The molecule has 0 amide bonds. The summed E-state index contributed by atoms with van der Waals surface area (Å²) in [5.74, 6) is 0. The Morgan fingerprint density at radius 1 is 1.37 bits per heavy atom. The molecule has 2 aromatic rings. The molecule has 0 bridgehead atoms. The second kappa shape index (κ2) is 4.94. The van der Waals surface area contributed by atoms with Crippen molar-refractivity contribution >= 4 is 5.65 Å². The fourth-order valence-corrected chi connectivity index (χ4v) is 2.33. The zero-order valence-electron chi connectivity index (χ0n) is 12.4. The number of fused-ring (bicyclic) bond motifs is 1. The van der Waals surface area contributed by atoms with Gasteiger partial charge in [0.1, 0.15) is 5.65 Å². The maximum Gasteiger partial charge on any atom is 0.137 e. The predicted molar refractivity (Wildman–Crippen MR) is 77.4 cm³/mol. The third-order valence-corrected chi connectivity index (χ3v) is 3.21. The molecule has 0 aliphatic carbocycles. The topological polar surface area (TPSA) is 52.5 Å². The number of rotatable bonds is 3. The quantitative estimate of drug-likeness (QED) is 0.924. The lowest BCUT2D eigenvalue weighted by Crippen LogP contribution is -2.24. The molecular formula is C15H23N3O. The van der Waals surface area contributed by atoms with E-state index in [1.54, 1.807) is 7.11 Å². The summed E-state index contributed by atoms with van der Waals surface area (Å²) in [5, 5.41) is 0. The summed E-state index contributed by atoms with van der Waals surface area (Å²) in [4.78, 5) is 4.76. The van der Waals surface area contributed by atoms with Crippen LogP contribution in [-0.2, 0) is 10.2 Å². The van der Waals surface area contributed by atoms with Gasteiger partial charge in [0.15, 0.2) is 0 Å². The first-order valence-corrected chi connectivity index (χ1v) is 6.58. The van der Waals surface area contributed by atoms with Crippen LogP contribution in [0.5, 0.6) is 0 Å². The highest BCUT2D eigenvalue weighted by Crippen LogP contribution is 2.29. The van der Waals surface area contributed by atoms with Crippen molar-refractivity contribution in [2.24, 2.45) is 5.73 Å². The van der Waals surface area contributed by atoms with Gasteiger partial charge in [0.2, 0.25) is 0 Å². The summed E-state index contributed by atoms with van der Waals surface area (Å²) >= 11 is 0. The third-order valence-electron chi connectivity index (χ3n) is 3.21. The molecule has 2 heterocycles. The summed E-state index contributed by atoms with van der Waals surface area (Å²) in [6.45, 7) is 9.03. The van der Waals surface area contributed by atoms with E-state index in [0.29, 0.717) is 6.61 Å². The number of aryl methyl sites for hydroxylation is 1. The van der Waals surface area contributed by atoms with Crippen LogP contribution >= 0.6 is 0 Å². The summed E-state index contributed by atoms with van der Waals surface area (Å²) in [6, 6.07) is 3.93. The van der Waals surface area contributed by atoms with Gasteiger partial charge in [-0.3, -0.25) is 0 Å². The summed E-state index contributed by atoms with van der Waals surface area (Å²) in [6.07, 6.45) is 2.09. The van der Waals surface area contributed by atoms with Gasteiger partial charge in [-0.1, -0.05) is 26.8 Å². The molecule has 2 aromatic heterocycles. The van der Waals surface area contributed by atoms with Crippen LogP contribution in [0.25, 0.3) is 5.65 Å². The predicted octanol–water partition coefficient (Wildman–Crippen LogP) is 2.59. The number of methoxy groups -OCH3 is 1. The zero-order chi connectivity index (χ0) is 14.2. The molecule has 19 heavy (non-hydrogen) atoms. The van der Waals surface area contributed by atoms with Crippen LogP contribution in [0.15, 0.2) is 18.3 Å².